The summed E-state index contributed by atoms with van der Waals surface area (Å²) in [6, 6.07) is 21.0. The second kappa shape index (κ2) is 23.3. The standard InChI is InChI=1S/C14H22O2.C12H16O.C4H10O3/c1-12(11-14(15-2)16-3)9-10-13-7-5-4-6-8-13;1-11(9-10-13)7-8-12-5-3-2-4-6-12;1-5-4(6-2)7-3/h4-8,12,14H,9-11H2,1-3H3;2-6,10-11H,7-9H2,1H3;4H,1-3H3. The maximum absolute atomic E-state index is 10.2. The molecule has 0 saturated heterocycles. The molecule has 204 valence electrons. The molecule has 2 rings (SSSR count). The molecule has 2 aromatic rings. The molecule has 2 aromatic carbocycles. The zero-order chi connectivity index (χ0) is 27.0. The van der Waals surface area contributed by atoms with E-state index in [1.165, 1.54) is 38.9 Å². The molecular formula is C30H48O6. The lowest BCUT2D eigenvalue weighted by Gasteiger charge is -2.18. The summed E-state index contributed by atoms with van der Waals surface area (Å²) in [5, 5.41) is 0. The van der Waals surface area contributed by atoms with Gasteiger partial charge in [0.05, 0.1) is 0 Å². The fourth-order valence-corrected chi connectivity index (χ4v) is 3.42. The Labute approximate surface area is 219 Å². The first kappa shape index (κ1) is 33.9. The van der Waals surface area contributed by atoms with Crippen molar-refractivity contribution >= 4 is 6.29 Å². The molecule has 0 amide bonds. The van der Waals surface area contributed by atoms with Crippen LogP contribution in [-0.4, -0.2) is 54.6 Å². The van der Waals surface area contributed by atoms with Crippen LogP contribution in [0.2, 0.25) is 0 Å². The van der Waals surface area contributed by atoms with E-state index >= 15 is 0 Å². The summed E-state index contributed by atoms with van der Waals surface area (Å²) in [5.41, 5.74) is 2.76. The first-order valence-corrected chi connectivity index (χ1v) is 12.6. The van der Waals surface area contributed by atoms with Gasteiger partial charge in [0.2, 0.25) is 0 Å². The summed E-state index contributed by atoms with van der Waals surface area (Å²) < 4.78 is 24.2. The number of hydrogen-bond donors (Lipinski definition) is 0. The zero-order valence-corrected chi connectivity index (χ0v) is 23.4. The summed E-state index contributed by atoms with van der Waals surface area (Å²) in [7, 11) is 7.92. The lowest BCUT2D eigenvalue weighted by Crippen LogP contribution is -2.17. The Morgan fingerprint density at radius 3 is 1.39 bits per heavy atom. The van der Waals surface area contributed by atoms with Crippen molar-refractivity contribution in [1.82, 2.24) is 0 Å². The maximum atomic E-state index is 10.2. The number of benzene rings is 2. The molecule has 2 atom stereocenters. The van der Waals surface area contributed by atoms with Crippen LogP contribution in [0.1, 0.15) is 50.7 Å². The highest BCUT2D eigenvalue weighted by Gasteiger charge is 2.11. The van der Waals surface area contributed by atoms with Crippen LogP contribution in [0.25, 0.3) is 0 Å². The number of ether oxygens (including phenoxy) is 5. The molecule has 0 bridgehead atoms. The zero-order valence-electron chi connectivity index (χ0n) is 23.4. The van der Waals surface area contributed by atoms with Crippen LogP contribution < -0.4 is 0 Å². The van der Waals surface area contributed by atoms with Gasteiger partial charge in [-0.2, -0.15) is 0 Å². The van der Waals surface area contributed by atoms with Gasteiger partial charge in [-0.1, -0.05) is 74.5 Å². The molecule has 6 heteroatoms. The van der Waals surface area contributed by atoms with Crippen molar-refractivity contribution in [1.29, 1.82) is 0 Å². The predicted molar refractivity (Wildman–Crippen MR) is 146 cm³/mol. The van der Waals surface area contributed by atoms with Gasteiger partial charge in [0.1, 0.15) is 6.29 Å². The second-order valence-electron chi connectivity index (χ2n) is 8.79. The Bertz CT molecular complexity index is 711. The average molecular weight is 505 g/mol. The smallest absolute Gasteiger partial charge is 0.270 e. The van der Waals surface area contributed by atoms with E-state index < -0.39 is 6.48 Å². The fourth-order valence-electron chi connectivity index (χ4n) is 3.42. The van der Waals surface area contributed by atoms with E-state index in [0.717, 1.165) is 32.0 Å². The van der Waals surface area contributed by atoms with Crippen molar-refractivity contribution in [3.63, 3.8) is 0 Å². The van der Waals surface area contributed by atoms with Crippen LogP contribution in [0, 0.1) is 11.8 Å². The Morgan fingerprint density at radius 2 is 1.06 bits per heavy atom. The molecule has 6 nitrogen and oxygen atoms in total. The topological polar surface area (TPSA) is 63.2 Å². The molecular weight excluding hydrogens is 456 g/mol. The summed E-state index contributed by atoms with van der Waals surface area (Å²) in [4.78, 5) is 10.2. The van der Waals surface area contributed by atoms with E-state index in [-0.39, 0.29) is 6.29 Å². The van der Waals surface area contributed by atoms with E-state index in [4.69, 9.17) is 9.47 Å². The van der Waals surface area contributed by atoms with Crippen molar-refractivity contribution in [3.05, 3.63) is 71.8 Å². The lowest BCUT2D eigenvalue weighted by molar-refractivity contribution is -0.252. The minimum absolute atomic E-state index is 0.0641. The molecule has 0 aliphatic rings. The van der Waals surface area contributed by atoms with Crippen LogP contribution in [0.5, 0.6) is 0 Å². The van der Waals surface area contributed by atoms with Crippen molar-refractivity contribution in [2.75, 3.05) is 35.5 Å². The van der Waals surface area contributed by atoms with Crippen LogP contribution in [-0.2, 0) is 41.3 Å². The van der Waals surface area contributed by atoms with Gasteiger partial charge in [0, 0.05) is 48.4 Å². The second-order valence-corrected chi connectivity index (χ2v) is 8.79. The number of aldehydes is 1. The molecule has 0 saturated carbocycles. The van der Waals surface area contributed by atoms with Crippen molar-refractivity contribution in [2.45, 2.75) is 65.1 Å². The Balaban J connectivity index is 0.000000550. The van der Waals surface area contributed by atoms with Gasteiger partial charge >= 0.3 is 0 Å². The van der Waals surface area contributed by atoms with Gasteiger partial charge in [0.25, 0.3) is 6.48 Å². The molecule has 0 fully saturated rings. The number of rotatable bonds is 15. The predicted octanol–water partition coefficient (Wildman–Crippen LogP) is 6.32. The van der Waals surface area contributed by atoms with Crippen LogP contribution in [0.15, 0.2) is 60.7 Å². The van der Waals surface area contributed by atoms with E-state index in [9.17, 15) is 4.79 Å². The van der Waals surface area contributed by atoms with E-state index in [2.05, 4.69) is 82.7 Å². The monoisotopic (exact) mass is 504 g/mol. The quantitative estimate of drug-likeness (QED) is 0.209. The van der Waals surface area contributed by atoms with Gasteiger partial charge in [0.15, 0.2) is 6.29 Å². The molecule has 36 heavy (non-hydrogen) atoms. The molecule has 0 N–H and O–H groups in total. The minimum atomic E-state index is -0.514. The third kappa shape index (κ3) is 18.2. The van der Waals surface area contributed by atoms with Gasteiger partial charge in [-0.15, -0.1) is 0 Å². The number of carbonyl (C=O) groups is 1. The van der Waals surface area contributed by atoms with Gasteiger partial charge in [-0.25, -0.2) is 0 Å². The van der Waals surface area contributed by atoms with E-state index in [0.29, 0.717) is 18.3 Å². The third-order valence-corrected chi connectivity index (χ3v) is 5.73. The van der Waals surface area contributed by atoms with Crippen molar-refractivity contribution < 1.29 is 28.5 Å². The number of aryl methyl sites for hydroxylation is 2. The largest absolute Gasteiger partial charge is 0.356 e. The first-order valence-electron chi connectivity index (χ1n) is 12.6. The fraction of sp³-hybridized carbons (Fsp3) is 0.567. The van der Waals surface area contributed by atoms with Gasteiger partial charge in [-0.3, -0.25) is 0 Å². The molecule has 0 spiro atoms. The van der Waals surface area contributed by atoms with Crippen molar-refractivity contribution in [2.24, 2.45) is 11.8 Å². The highest BCUT2D eigenvalue weighted by Crippen LogP contribution is 2.16. The van der Waals surface area contributed by atoms with E-state index in [1.807, 2.05) is 6.07 Å². The summed E-state index contributed by atoms with van der Waals surface area (Å²) in [6.07, 6.45) is 7.07. The van der Waals surface area contributed by atoms with Crippen molar-refractivity contribution in [3.8, 4) is 0 Å². The van der Waals surface area contributed by atoms with Gasteiger partial charge in [-0.05, 0) is 48.6 Å². The van der Waals surface area contributed by atoms with Crippen LogP contribution >= 0.6 is 0 Å². The molecule has 2 unspecified atom stereocenters. The summed E-state index contributed by atoms with van der Waals surface area (Å²) in [6.45, 7) is 3.85. The lowest BCUT2D eigenvalue weighted by atomic mass is 9.98. The summed E-state index contributed by atoms with van der Waals surface area (Å²) in [5.74, 6) is 1.13. The molecule has 0 aliphatic heterocycles. The number of carbonyl (C=O) groups excluding carboxylic acids is 1. The molecule has 0 heterocycles. The SMILES string of the molecule is CC(CC=O)CCc1ccccc1.COC(CC(C)CCc1ccccc1)OC.COC(OC)OC. The Kier molecular flexibility index (Phi) is 22.0. The van der Waals surface area contributed by atoms with Crippen LogP contribution in [0.3, 0.4) is 0 Å². The molecule has 0 aliphatic carbocycles. The van der Waals surface area contributed by atoms with Crippen LogP contribution in [0.4, 0.5) is 0 Å². The maximum Gasteiger partial charge on any atom is 0.270 e. The molecule has 0 aromatic heterocycles. The minimum Gasteiger partial charge on any atom is -0.356 e. The Morgan fingerprint density at radius 1 is 0.639 bits per heavy atom. The normalized spacial score (nSPS) is 12.2. The molecule has 0 radical (unpaired) electrons. The van der Waals surface area contributed by atoms with E-state index in [1.54, 1.807) is 14.2 Å². The highest BCUT2D eigenvalue weighted by atomic mass is 16.8. The van der Waals surface area contributed by atoms with Gasteiger partial charge < -0.3 is 28.5 Å². The highest BCUT2D eigenvalue weighted by molar-refractivity contribution is 5.49. The summed E-state index contributed by atoms with van der Waals surface area (Å²) >= 11 is 0. The average Bonchev–Trinajstić information content (AvgIpc) is 2.92. The number of hydrogen-bond acceptors (Lipinski definition) is 6. The number of methoxy groups -OCH3 is 5. The first-order chi connectivity index (χ1) is 17.4. The Hall–Kier alpha value is -2.09. The third-order valence-electron chi connectivity index (χ3n) is 5.73.